The second-order valence-electron chi connectivity index (χ2n) is 6.12. The predicted octanol–water partition coefficient (Wildman–Crippen LogP) is 2.64. The van der Waals surface area contributed by atoms with Crippen molar-refractivity contribution in [1.82, 2.24) is 10.2 Å². The first-order valence-corrected chi connectivity index (χ1v) is 7.16. The van der Waals surface area contributed by atoms with Crippen molar-refractivity contribution in [1.29, 1.82) is 0 Å². The van der Waals surface area contributed by atoms with Gasteiger partial charge in [0.15, 0.2) is 0 Å². The molecule has 0 amide bonds. The molecule has 1 atom stereocenters. The van der Waals surface area contributed by atoms with E-state index < -0.39 is 0 Å². The first-order chi connectivity index (χ1) is 7.66. The molecule has 0 radical (unpaired) electrons. The van der Waals surface area contributed by atoms with Gasteiger partial charge in [-0.05, 0) is 51.5 Å². The van der Waals surface area contributed by atoms with E-state index in [4.69, 9.17) is 0 Å². The van der Waals surface area contributed by atoms with Crippen molar-refractivity contribution in [2.45, 2.75) is 71.0 Å². The maximum Gasteiger partial charge on any atom is 0.00993 e. The SMILES string of the molecule is CC(C)NCCC(C)N(CC1CC1)C1CC1. The molecule has 16 heavy (non-hydrogen) atoms. The molecule has 0 bridgehead atoms. The van der Waals surface area contributed by atoms with Crippen molar-refractivity contribution in [3.8, 4) is 0 Å². The van der Waals surface area contributed by atoms with Crippen LogP contribution in [-0.4, -0.2) is 36.1 Å². The van der Waals surface area contributed by atoms with E-state index in [0.717, 1.165) is 18.0 Å². The number of hydrogen-bond acceptors (Lipinski definition) is 2. The Morgan fingerprint density at radius 1 is 1.12 bits per heavy atom. The third kappa shape index (κ3) is 4.06. The van der Waals surface area contributed by atoms with Crippen molar-refractivity contribution >= 4 is 0 Å². The average Bonchev–Trinajstić information content (AvgIpc) is 3.06. The fourth-order valence-electron chi connectivity index (χ4n) is 2.44. The molecule has 94 valence electrons. The van der Waals surface area contributed by atoms with Gasteiger partial charge in [-0.1, -0.05) is 13.8 Å². The third-order valence-corrected chi connectivity index (χ3v) is 3.86. The number of nitrogens with one attached hydrogen (secondary N) is 1. The summed E-state index contributed by atoms with van der Waals surface area (Å²) in [4.78, 5) is 2.79. The van der Waals surface area contributed by atoms with Gasteiger partial charge in [0.1, 0.15) is 0 Å². The lowest BCUT2D eigenvalue weighted by molar-refractivity contribution is 0.180. The van der Waals surface area contributed by atoms with Crippen molar-refractivity contribution in [2.75, 3.05) is 13.1 Å². The normalized spacial score (nSPS) is 23.1. The highest BCUT2D eigenvalue weighted by molar-refractivity contribution is 4.91. The molecule has 0 spiro atoms. The first kappa shape index (κ1) is 12.4. The zero-order valence-corrected chi connectivity index (χ0v) is 11.2. The van der Waals surface area contributed by atoms with E-state index in [1.54, 1.807) is 0 Å². The molecular weight excluding hydrogens is 196 g/mol. The predicted molar refractivity (Wildman–Crippen MR) is 69.7 cm³/mol. The Hall–Kier alpha value is -0.0800. The molecule has 2 rings (SSSR count). The summed E-state index contributed by atoms with van der Waals surface area (Å²) in [6.07, 6.45) is 7.19. The zero-order chi connectivity index (χ0) is 11.5. The summed E-state index contributed by atoms with van der Waals surface area (Å²) in [6, 6.07) is 2.35. The molecule has 2 nitrogen and oxygen atoms in total. The van der Waals surface area contributed by atoms with E-state index in [-0.39, 0.29) is 0 Å². The Bertz CT molecular complexity index is 207. The molecule has 0 aliphatic heterocycles. The van der Waals surface area contributed by atoms with Gasteiger partial charge in [0.2, 0.25) is 0 Å². The van der Waals surface area contributed by atoms with Gasteiger partial charge in [-0.3, -0.25) is 4.90 Å². The molecule has 0 aromatic rings. The lowest BCUT2D eigenvalue weighted by Gasteiger charge is -2.29. The minimum absolute atomic E-state index is 0.630. The second-order valence-corrected chi connectivity index (χ2v) is 6.12. The van der Waals surface area contributed by atoms with Gasteiger partial charge in [0, 0.05) is 24.7 Å². The second kappa shape index (κ2) is 5.50. The fraction of sp³-hybridized carbons (Fsp3) is 1.00. The summed E-state index contributed by atoms with van der Waals surface area (Å²) in [6.45, 7) is 9.43. The Balaban J connectivity index is 1.68. The average molecular weight is 224 g/mol. The highest BCUT2D eigenvalue weighted by atomic mass is 15.2. The minimum atomic E-state index is 0.630. The zero-order valence-electron chi connectivity index (χ0n) is 11.2. The quantitative estimate of drug-likeness (QED) is 0.682. The van der Waals surface area contributed by atoms with Gasteiger partial charge in [0.05, 0.1) is 0 Å². The van der Waals surface area contributed by atoms with E-state index in [9.17, 15) is 0 Å². The molecule has 2 aliphatic carbocycles. The molecule has 2 aliphatic rings. The Labute approximate surface area is 101 Å². The molecule has 0 heterocycles. The van der Waals surface area contributed by atoms with Crippen LogP contribution in [0.2, 0.25) is 0 Å². The lowest BCUT2D eigenvalue weighted by Crippen LogP contribution is -2.39. The van der Waals surface area contributed by atoms with Crippen LogP contribution < -0.4 is 5.32 Å². The van der Waals surface area contributed by atoms with Gasteiger partial charge in [-0.15, -0.1) is 0 Å². The van der Waals surface area contributed by atoms with E-state index >= 15 is 0 Å². The summed E-state index contributed by atoms with van der Waals surface area (Å²) < 4.78 is 0. The van der Waals surface area contributed by atoms with Crippen LogP contribution >= 0.6 is 0 Å². The van der Waals surface area contributed by atoms with Gasteiger partial charge in [-0.2, -0.15) is 0 Å². The molecule has 2 fully saturated rings. The molecule has 0 aromatic heterocycles. The largest absolute Gasteiger partial charge is 0.314 e. The topological polar surface area (TPSA) is 15.3 Å². The highest BCUT2D eigenvalue weighted by Crippen LogP contribution is 2.36. The summed E-state index contributed by atoms with van der Waals surface area (Å²) in [7, 11) is 0. The van der Waals surface area contributed by atoms with Crippen LogP contribution in [0, 0.1) is 5.92 Å². The molecule has 1 unspecified atom stereocenters. The first-order valence-electron chi connectivity index (χ1n) is 7.16. The van der Waals surface area contributed by atoms with Crippen molar-refractivity contribution in [3.05, 3.63) is 0 Å². The van der Waals surface area contributed by atoms with Crippen LogP contribution in [0.25, 0.3) is 0 Å². The molecule has 2 heteroatoms. The molecular formula is C14H28N2. The van der Waals surface area contributed by atoms with Crippen molar-refractivity contribution in [3.63, 3.8) is 0 Å². The van der Waals surface area contributed by atoms with Crippen LogP contribution in [0.5, 0.6) is 0 Å². The maximum absolute atomic E-state index is 3.53. The van der Waals surface area contributed by atoms with Crippen LogP contribution in [-0.2, 0) is 0 Å². The molecule has 0 aromatic carbocycles. The number of nitrogens with zero attached hydrogens (tertiary/aromatic N) is 1. The van der Waals surface area contributed by atoms with Crippen LogP contribution in [0.4, 0.5) is 0 Å². The van der Waals surface area contributed by atoms with Gasteiger partial charge < -0.3 is 5.32 Å². The summed E-state index contributed by atoms with van der Waals surface area (Å²) in [5.74, 6) is 1.04. The Morgan fingerprint density at radius 3 is 2.31 bits per heavy atom. The van der Waals surface area contributed by atoms with E-state index in [1.165, 1.54) is 45.2 Å². The van der Waals surface area contributed by atoms with Crippen molar-refractivity contribution < 1.29 is 0 Å². The van der Waals surface area contributed by atoms with Crippen LogP contribution in [0.3, 0.4) is 0 Å². The summed E-state index contributed by atoms with van der Waals surface area (Å²) in [5.41, 5.74) is 0. The highest BCUT2D eigenvalue weighted by Gasteiger charge is 2.35. The van der Waals surface area contributed by atoms with Crippen LogP contribution in [0.15, 0.2) is 0 Å². The number of hydrogen-bond donors (Lipinski definition) is 1. The van der Waals surface area contributed by atoms with E-state index in [1.807, 2.05) is 0 Å². The lowest BCUT2D eigenvalue weighted by atomic mass is 10.1. The van der Waals surface area contributed by atoms with Crippen molar-refractivity contribution in [2.24, 2.45) is 5.92 Å². The Kier molecular flexibility index (Phi) is 4.26. The minimum Gasteiger partial charge on any atom is -0.314 e. The maximum atomic E-state index is 3.53. The summed E-state index contributed by atoms with van der Waals surface area (Å²) >= 11 is 0. The molecule has 2 saturated carbocycles. The smallest absolute Gasteiger partial charge is 0.00993 e. The summed E-state index contributed by atoms with van der Waals surface area (Å²) in [5, 5.41) is 3.53. The monoisotopic (exact) mass is 224 g/mol. The standard InChI is InChI=1S/C14H28N2/c1-11(2)15-9-8-12(3)16(14-6-7-14)10-13-4-5-13/h11-15H,4-10H2,1-3H3. The fourth-order valence-corrected chi connectivity index (χ4v) is 2.44. The third-order valence-electron chi connectivity index (χ3n) is 3.86. The molecule has 0 saturated heterocycles. The van der Waals surface area contributed by atoms with Gasteiger partial charge in [0.25, 0.3) is 0 Å². The van der Waals surface area contributed by atoms with E-state index in [0.29, 0.717) is 6.04 Å². The molecule has 1 N–H and O–H groups in total. The van der Waals surface area contributed by atoms with E-state index in [2.05, 4.69) is 31.0 Å². The van der Waals surface area contributed by atoms with Crippen LogP contribution in [0.1, 0.15) is 52.9 Å². The van der Waals surface area contributed by atoms with Gasteiger partial charge >= 0.3 is 0 Å². The Morgan fingerprint density at radius 2 is 1.81 bits per heavy atom. The van der Waals surface area contributed by atoms with Gasteiger partial charge in [-0.25, -0.2) is 0 Å². The number of rotatable bonds is 8.